The summed E-state index contributed by atoms with van der Waals surface area (Å²) in [5, 5.41) is 14.3. The largest absolute Gasteiger partial charge is 0.505 e. The van der Waals surface area contributed by atoms with Gasteiger partial charge in [0.2, 0.25) is 0 Å². The van der Waals surface area contributed by atoms with Crippen molar-refractivity contribution >= 4 is 33.6 Å². The molecule has 0 amide bonds. The van der Waals surface area contributed by atoms with Crippen LogP contribution in [0.15, 0.2) is 48.5 Å². The molecule has 164 valence electrons. The highest BCUT2D eigenvalue weighted by Gasteiger charge is 2.24. The zero-order valence-electron chi connectivity index (χ0n) is 18.5. The van der Waals surface area contributed by atoms with Gasteiger partial charge in [0.1, 0.15) is 17.1 Å². The molecule has 0 saturated carbocycles. The lowest BCUT2D eigenvalue weighted by Crippen LogP contribution is -2.20. The Hall–Kier alpha value is -3.71. The molecule has 0 aliphatic carbocycles. The number of hydrogen-bond donors (Lipinski definition) is 1. The molecular weight excluding hydrogens is 406 g/mol. The van der Waals surface area contributed by atoms with E-state index in [0.29, 0.717) is 28.0 Å². The van der Waals surface area contributed by atoms with E-state index in [2.05, 4.69) is 4.98 Å². The summed E-state index contributed by atoms with van der Waals surface area (Å²) in [6.07, 6.45) is 0.312. The molecule has 0 unspecified atom stereocenters. The molecule has 0 fully saturated rings. The van der Waals surface area contributed by atoms with Gasteiger partial charge in [0.05, 0.1) is 11.1 Å². The van der Waals surface area contributed by atoms with E-state index in [-0.39, 0.29) is 29.9 Å². The second kappa shape index (κ2) is 8.43. The number of hydrogen-bond acceptors (Lipinski definition) is 6. The highest BCUT2D eigenvalue weighted by molar-refractivity contribution is 6.01. The molecule has 32 heavy (non-hydrogen) atoms. The number of hydroxylamine groups is 2. The lowest BCUT2D eigenvalue weighted by Gasteiger charge is -2.15. The Morgan fingerprint density at radius 2 is 1.81 bits per heavy atom. The predicted octanol–water partition coefficient (Wildman–Crippen LogP) is 4.19. The van der Waals surface area contributed by atoms with E-state index in [1.165, 1.54) is 5.06 Å². The molecule has 0 bridgehead atoms. The molecular formula is C25H25N3O4. The molecule has 0 saturated heterocycles. The number of ketones is 1. The van der Waals surface area contributed by atoms with E-state index >= 15 is 0 Å². The SMILES string of the molecule is Cc1nc2c(O)c(CCC(=O)c3ccc4ccccc4c3)c(C(=O)ON(C)C)cc2n1C. The number of fused-ring (bicyclic) bond motifs is 2. The normalized spacial score (nSPS) is 11.4. The maximum atomic E-state index is 12.9. The predicted molar refractivity (Wildman–Crippen MR) is 123 cm³/mol. The van der Waals surface area contributed by atoms with Crippen molar-refractivity contribution in [3.63, 3.8) is 0 Å². The minimum absolute atomic E-state index is 0.0700. The van der Waals surface area contributed by atoms with Gasteiger partial charge in [-0.3, -0.25) is 4.79 Å². The highest BCUT2D eigenvalue weighted by Crippen LogP contribution is 2.33. The van der Waals surface area contributed by atoms with Crippen molar-refractivity contribution < 1.29 is 19.5 Å². The number of carbonyl (C=O) groups is 2. The Bertz CT molecular complexity index is 1350. The third-order valence-corrected chi connectivity index (χ3v) is 5.64. The van der Waals surface area contributed by atoms with Crippen LogP contribution in [0.3, 0.4) is 0 Å². The van der Waals surface area contributed by atoms with Crippen LogP contribution in [-0.2, 0) is 18.3 Å². The van der Waals surface area contributed by atoms with Gasteiger partial charge in [-0.1, -0.05) is 36.4 Å². The Morgan fingerprint density at radius 1 is 1.09 bits per heavy atom. The van der Waals surface area contributed by atoms with Gasteiger partial charge in [-0.25, -0.2) is 9.78 Å². The highest BCUT2D eigenvalue weighted by atomic mass is 16.7. The molecule has 0 aliphatic rings. The molecule has 7 nitrogen and oxygen atoms in total. The number of aryl methyl sites for hydroxylation is 2. The first kappa shape index (κ1) is 21.5. The van der Waals surface area contributed by atoms with Gasteiger partial charge in [0, 0.05) is 38.7 Å². The summed E-state index contributed by atoms with van der Waals surface area (Å²) in [5.41, 5.74) is 2.19. The van der Waals surface area contributed by atoms with Crippen molar-refractivity contribution in [2.75, 3.05) is 14.1 Å². The van der Waals surface area contributed by atoms with Crippen LogP contribution in [0.25, 0.3) is 21.8 Å². The average Bonchev–Trinajstić information content (AvgIpc) is 3.06. The number of phenolic OH excluding ortho intramolecular Hbond substituents is 1. The number of nitrogens with zero attached hydrogens (tertiary/aromatic N) is 3. The monoisotopic (exact) mass is 431 g/mol. The number of aromatic hydroxyl groups is 1. The quantitative estimate of drug-likeness (QED) is 0.364. The molecule has 4 aromatic rings. The van der Waals surface area contributed by atoms with Gasteiger partial charge in [-0.05, 0) is 36.2 Å². The van der Waals surface area contributed by atoms with Gasteiger partial charge in [0.15, 0.2) is 5.78 Å². The molecule has 0 spiro atoms. The van der Waals surface area contributed by atoms with Gasteiger partial charge in [-0.15, -0.1) is 5.06 Å². The van der Waals surface area contributed by atoms with Crippen LogP contribution in [0.4, 0.5) is 0 Å². The van der Waals surface area contributed by atoms with Gasteiger partial charge in [0.25, 0.3) is 0 Å². The minimum atomic E-state index is -0.598. The molecule has 1 heterocycles. The third-order valence-electron chi connectivity index (χ3n) is 5.64. The van der Waals surface area contributed by atoms with Crippen LogP contribution >= 0.6 is 0 Å². The van der Waals surface area contributed by atoms with E-state index < -0.39 is 5.97 Å². The lowest BCUT2D eigenvalue weighted by atomic mass is 9.96. The summed E-state index contributed by atoms with van der Waals surface area (Å²) in [6.45, 7) is 1.82. The second-order valence-electron chi connectivity index (χ2n) is 8.01. The van der Waals surface area contributed by atoms with E-state index in [9.17, 15) is 14.7 Å². The van der Waals surface area contributed by atoms with Crippen molar-refractivity contribution in [3.8, 4) is 5.75 Å². The number of imidazole rings is 1. The van der Waals surface area contributed by atoms with Gasteiger partial charge >= 0.3 is 5.97 Å². The molecule has 0 atom stereocenters. The summed E-state index contributed by atoms with van der Waals surface area (Å²) >= 11 is 0. The van der Waals surface area contributed by atoms with Gasteiger partial charge < -0.3 is 14.5 Å². The lowest BCUT2D eigenvalue weighted by molar-refractivity contribution is -0.0714. The Labute approximate surface area is 185 Å². The first-order valence-electron chi connectivity index (χ1n) is 10.4. The van der Waals surface area contributed by atoms with Crippen molar-refractivity contribution in [2.45, 2.75) is 19.8 Å². The van der Waals surface area contributed by atoms with Crippen LogP contribution in [0.1, 0.15) is 38.5 Å². The molecule has 7 heteroatoms. The summed E-state index contributed by atoms with van der Waals surface area (Å²) < 4.78 is 1.80. The van der Waals surface area contributed by atoms with E-state index in [1.807, 2.05) is 50.4 Å². The van der Waals surface area contributed by atoms with Crippen LogP contribution < -0.4 is 0 Å². The standard InChI is InChI=1S/C25H25N3O4/c1-15-26-23-21(28(15)4)14-20(25(31)32-27(2)3)19(24(23)30)11-12-22(29)18-10-9-16-7-5-6-8-17(16)13-18/h5-10,13-14,30H,11-12H2,1-4H3. The maximum Gasteiger partial charge on any atom is 0.357 e. The molecule has 0 radical (unpaired) electrons. The van der Waals surface area contributed by atoms with Crippen molar-refractivity contribution in [3.05, 3.63) is 71.0 Å². The molecule has 1 N–H and O–H groups in total. The fourth-order valence-corrected chi connectivity index (χ4v) is 3.86. The van der Waals surface area contributed by atoms with Crippen molar-refractivity contribution in [1.29, 1.82) is 0 Å². The second-order valence-corrected chi connectivity index (χ2v) is 8.01. The maximum absolute atomic E-state index is 12.9. The Kier molecular flexibility index (Phi) is 5.67. The van der Waals surface area contributed by atoms with Crippen LogP contribution in [0, 0.1) is 6.92 Å². The molecule has 1 aromatic heterocycles. The number of Topliss-reactive ketones (excluding diaryl/α,β-unsaturated/α-hetero) is 1. The van der Waals surface area contributed by atoms with E-state index in [1.54, 1.807) is 30.8 Å². The zero-order chi connectivity index (χ0) is 23.0. The Balaban J connectivity index is 1.69. The minimum Gasteiger partial charge on any atom is -0.505 e. The number of aromatic nitrogens is 2. The summed E-state index contributed by atoms with van der Waals surface area (Å²) in [7, 11) is 5.02. The van der Waals surface area contributed by atoms with Gasteiger partial charge in [-0.2, -0.15) is 0 Å². The average molecular weight is 431 g/mol. The molecule has 4 rings (SSSR count). The fourth-order valence-electron chi connectivity index (χ4n) is 3.86. The van der Waals surface area contributed by atoms with Crippen LogP contribution in [0.2, 0.25) is 0 Å². The van der Waals surface area contributed by atoms with Crippen LogP contribution in [0.5, 0.6) is 5.75 Å². The third kappa shape index (κ3) is 3.94. The topological polar surface area (TPSA) is 84.7 Å². The number of rotatable bonds is 6. The molecule has 3 aromatic carbocycles. The number of carbonyl (C=O) groups excluding carboxylic acids is 2. The summed E-state index contributed by atoms with van der Waals surface area (Å²) in [5.74, 6) is -0.0616. The van der Waals surface area contributed by atoms with Crippen molar-refractivity contribution in [2.24, 2.45) is 7.05 Å². The van der Waals surface area contributed by atoms with Crippen molar-refractivity contribution in [1.82, 2.24) is 14.6 Å². The van der Waals surface area contributed by atoms with Crippen LogP contribution in [-0.4, -0.2) is 45.6 Å². The summed E-state index contributed by atoms with van der Waals surface area (Å²) in [6, 6.07) is 15.1. The Morgan fingerprint density at radius 3 is 2.53 bits per heavy atom. The molecule has 0 aliphatic heterocycles. The number of benzene rings is 3. The fraction of sp³-hybridized carbons (Fsp3) is 0.240. The number of phenols is 1. The smallest absolute Gasteiger partial charge is 0.357 e. The first-order chi connectivity index (χ1) is 15.3. The van der Waals surface area contributed by atoms with E-state index in [4.69, 9.17) is 4.84 Å². The first-order valence-corrected chi connectivity index (χ1v) is 10.4. The van der Waals surface area contributed by atoms with E-state index in [0.717, 1.165) is 10.8 Å². The summed E-state index contributed by atoms with van der Waals surface area (Å²) in [4.78, 5) is 35.3. The zero-order valence-corrected chi connectivity index (χ0v) is 18.5.